The van der Waals surface area contributed by atoms with Crippen molar-refractivity contribution in [2.24, 2.45) is 0 Å². The number of amides is 1. The fourth-order valence-corrected chi connectivity index (χ4v) is 3.69. The average molecular weight is 331 g/mol. The summed E-state index contributed by atoms with van der Waals surface area (Å²) in [5.74, 6) is 1.53. The number of benzene rings is 1. The highest BCUT2D eigenvalue weighted by Crippen LogP contribution is 2.34. The van der Waals surface area contributed by atoms with Crippen LogP contribution in [0, 0.1) is 0 Å². The van der Waals surface area contributed by atoms with Gasteiger partial charge in [0.15, 0.2) is 11.5 Å². The van der Waals surface area contributed by atoms with Crippen LogP contribution in [-0.4, -0.2) is 33.2 Å². The van der Waals surface area contributed by atoms with Crippen molar-refractivity contribution in [3.8, 4) is 11.5 Å². The third-order valence-electron chi connectivity index (χ3n) is 4.39. The Balaban J connectivity index is 1.59. The zero-order valence-electron chi connectivity index (χ0n) is 12.6. The summed E-state index contributed by atoms with van der Waals surface area (Å²) in [5.41, 5.74) is 1.05. The van der Waals surface area contributed by atoms with Gasteiger partial charge in [0, 0.05) is 12.6 Å². The summed E-state index contributed by atoms with van der Waals surface area (Å²) in [6, 6.07) is 6.15. The molecule has 1 aliphatic heterocycles. The number of ether oxygens (including phenoxy) is 2. The molecule has 6 nitrogen and oxygen atoms in total. The molecule has 7 heteroatoms. The van der Waals surface area contributed by atoms with Crippen LogP contribution in [0.5, 0.6) is 11.5 Å². The molecule has 0 atom stereocenters. The first-order chi connectivity index (χ1) is 11.3. The second kappa shape index (κ2) is 6.16. The highest BCUT2D eigenvalue weighted by atomic mass is 32.1. The van der Waals surface area contributed by atoms with Gasteiger partial charge in [-0.2, -0.15) is 0 Å². The van der Waals surface area contributed by atoms with Gasteiger partial charge in [-0.25, -0.2) is 0 Å². The standard InChI is InChI=1S/C16H17N3O3S/c20-16(15-8-17-18-23-15)19(12-3-1-2-4-12)9-11-5-6-13-14(7-11)22-10-21-13/h5-8,12H,1-4,9-10H2. The van der Waals surface area contributed by atoms with E-state index < -0.39 is 0 Å². The lowest BCUT2D eigenvalue weighted by Crippen LogP contribution is -2.37. The Labute approximate surface area is 138 Å². The summed E-state index contributed by atoms with van der Waals surface area (Å²) >= 11 is 1.15. The average Bonchev–Trinajstić information content (AvgIpc) is 3.33. The van der Waals surface area contributed by atoms with Crippen molar-refractivity contribution in [2.75, 3.05) is 6.79 Å². The predicted molar refractivity (Wildman–Crippen MR) is 84.6 cm³/mol. The van der Waals surface area contributed by atoms with Gasteiger partial charge in [-0.05, 0) is 42.1 Å². The minimum Gasteiger partial charge on any atom is -0.454 e. The maximum atomic E-state index is 12.8. The number of fused-ring (bicyclic) bond motifs is 1. The Hall–Kier alpha value is -2.15. The molecule has 23 heavy (non-hydrogen) atoms. The van der Waals surface area contributed by atoms with Crippen molar-refractivity contribution in [1.82, 2.24) is 14.5 Å². The molecule has 0 spiro atoms. The van der Waals surface area contributed by atoms with E-state index in [0.29, 0.717) is 11.4 Å². The minimum atomic E-state index is 0.0181. The summed E-state index contributed by atoms with van der Waals surface area (Å²) < 4.78 is 14.6. The highest BCUT2D eigenvalue weighted by Gasteiger charge is 2.29. The van der Waals surface area contributed by atoms with Crippen molar-refractivity contribution in [1.29, 1.82) is 0 Å². The molecule has 0 bridgehead atoms. The molecule has 4 rings (SSSR count). The normalized spacial score (nSPS) is 16.7. The molecule has 1 aromatic heterocycles. The third kappa shape index (κ3) is 2.88. The number of carbonyl (C=O) groups excluding carboxylic acids is 1. The molecule has 0 N–H and O–H groups in total. The first kappa shape index (κ1) is 14.4. The van der Waals surface area contributed by atoms with Crippen LogP contribution < -0.4 is 9.47 Å². The predicted octanol–water partition coefficient (Wildman–Crippen LogP) is 2.85. The fourth-order valence-electron chi connectivity index (χ4n) is 3.22. The summed E-state index contributed by atoms with van der Waals surface area (Å²) in [4.78, 5) is 15.4. The summed E-state index contributed by atoms with van der Waals surface area (Å²) in [5, 5.41) is 3.79. The lowest BCUT2D eigenvalue weighted by molar-refractivity contribution is 0.0669. The van der Waals surface area contributed by atoms with Crippen LogP contribution in [0.1, 0.15) is 40.9 Å². The number of nitrogens with zero attached hydrogens (tertiary/aromatic N) is 3. The summed E-state index contributed by atoms with van der Waals surface area (Å²) in [7, 11) is 0. The number of hydrogen-bond donors (Lipinski definition) is 0. The van der Waals surface area contributed by atoms with E-state index in [1.54, 1.807) is 6.20 Å². The second-order valence-corrected chi connectivity index (χ2v) is 6.63. The van der Waals surface area contributed by atoms with Crippen LogP contribution in [0.2, 0.25) is 0 Å². The van der Waals surface area contributed by atoms with Gasteiger partial charge in [0.2, 0.25) is 6.79 Å². The Morgan fingerprint density at radius 2 is 2.09 bits per heavy atom. The van der Waals surface area contributed by atoms with E-state index >= 15 is 0 Å². The molecule has 120 valence electrons. The molecule has 2 aromatic rings. The van der Waals surface area contributed by atoms with Crippen molar-refractivity contribution >= 4 is 17.4 Å². The second-order valence-electron chi connectivity index (χ2n) is 5.84. The topological polar surface area (TPSA) is 64.6 Å². The van der Waals surface area contributed by atoms with Gasteiger partial charge in [-0.3, -0.25) is 4.79 Å². The molecular weight excluding hydrogens is 314 g/mol. The Kier molecular flexibility index (Phi) is 3.87. The lowest BCUT2D eigenvalue weighted by Gasteiger charge is -2.28. The number of rotatable bonds is 4. The highest BCUT2D eigenvalue weighted by molar-refractivity contribution is 7.07. The molecule has 0 unspecified atom stereocenters. The zero-order valence-corrected chi connectivity index (χ0v) is 13.4. The van der Waals surface area contributed by atoms with Gasteiger partial charge in [-0.1, -0.05) is 23.4 Å². The molecule has 0 saturated heterocycles. The molecule has 2 aliphatic rings. The molecular formula is C16H17N3O3S. The zero-order chi connectivity index (χ0) is 15.6. The Morgan fingerprint density at radius 1 is 1.26 bits per heavy atom. The number of carbonyl (C=O) groups is 1. The smallest absolute Gasteiger partial charge is 0.267 e. The van der Waals surface area contributed by atoms with Crippen molar-refractivity contribution in [3.63, 3.8) is 0 Å². The SMILES string of the molecule is O=C(c1cnns1)N(Cc1ccc2c(c1)OCO2)C1CCCC1. The monoisotopic (exact) mass is 331 g/mol. The maximum absolute atomic E-state index is 12.8. The van der Waals surface area contributed by atoms with E-state index in [4.69, 9.17) is 9.47 Å². The lowest BCUT2D eigenvalue weighted by atomic mass is 10.1. The van der Waals surface area contributed by atoms with Crippen LogP contribution in [0.15, 0.2) is 24.4 Å². The third-order valence-corrected chi connectivity index (χ3v) is 5.04. The van der Waals surface area contributed by atoms with E-state index in [-0.39, 0.29) is 18.7 Å². The minimum absolute atomic E-state index is 0.0181. The Morgan fingerprint density at radius 3 is 2.87 bits per heavy atom. The van der Waals surface area contributed by atoms with E-state index in [9.17, 15) is 4.79 Å². The first-order valence-corrected chi connectivity index (χ1v) is 8.55. The van der Waals surface area contributed by atoms with Crippen molar-refractivity contribution in [3.05, 3.63) is 34.8 Å². The van der Waals surface area contributed by atoms with Crippen molar-refractivity contribution < 1.29 is 14.3 Å². The molecule has 1 saturated carbocycles. The van der Waals surface area contributed by atoms with Gasteiger partial charge in [-0.15, -0.1) is 5.10 Å². The fraction of sp³-hybridized carbons (Fsp3) is 0.438. The van der Waals surface area contributed by atoms with Crippen LogP contribution in [-0.2, 0) is 6.54 Å². The molecule has 1 amide bonds. The van der Waals surface area contributed by atoms with Crippen LogP contribution in [0.25, 0.3) is 0 Å². The first-order valence-electron chi connectivity index (χ1n) is 7.78. The van der Waals surface area contributed by atoms with Crippen LogP contribution in [0.4, 0.5) is 0 Å². The molecule has 1 aliphatic carbocycles. The number of hydrogen-bond acceptors (Lipinski definition) is 6. The largest absolute Gasteiger partial charge is 0.454 e. The molecule has 2 heterocycles. The number of aromatic nitrogens is 2. The van der Waals surface area contributed by atoms with Gasteiger partial charge in [0.05, 0.1) is 6.20 Å². The van der Waals surface area contributed by atoms with E-state index in [1.807, 2.05) is 23.1 Å². The quantitative estimate of drug-likeness (QED) is 0.862. The summed E-state index contributed by atoms with van der Waals surface area (Å²) in [6.07, 6.45) is 6.02. The molecule has 1 aromatic carbocycles. The van der Waals surface area contributed by atoms with Gasteiger partial charge in [0.1, 0.15) is 4.88 Å². The van der Waals surface area contributed by atoms with E-state index in [1.165, 1.54) is 12.8 Å². The maximum Gasteiger partial charge on any atom is 0.267 e. The van der Waals surface area contributed by atoms with E-state index in [2.05, 4.69) is 9.59 Å². The molecule has 0 radical (unpaired) electrons. The van der Waals surface area contributed by atoms with E-state index in [0.717, 1.165) is 41.4 Å². The van der Waals surface area contributed by atoms with Crippen LogP contribution >= 0.6 is 11.5 Å². The molecule has 1 fully saturated rings. The van der Waals surface area contributed by atoms with Gasteiger partial charge in [0.25, 0.3) is 5.91 Å². The van der Waals surface area contributed by atoms with Gasteiger partial charge < -0.3 is 14.4 Å². The van der Waals surface area contributed by atoms with Crippen LogP contribution in [0.3, 0.4) is 0 Å². The Bertz CT molecular complexity index is 699. The van der Waals surface area contributed by atoms with Gasteiger partial charge >= 0.3 is 0 Å². The summed E-state index contributed by atoms with van der Waals surface area (Å²) in [6.45, 7) is 0.828. The van der Waals surface area contributed by atoms with Crippen molar-refractivity contribution in [2.45, 2.75) is 38.3 Å².